The Labute approximate surface area is 177 Å². The molecule has 0 aliphatic rings. The molecule has 3 nitrogen and oxygen atoms in total. The number of rotatable bonds is 17. The van der Waals surface area contributed by atoms with E-state index in [1.54, 1.807) is 0 Å². The summed E-state index contributed by atoms with van der Waals surface area (Å²) in [6, 6.07) is 0. The minimum atomic E-state index is -1.95. The topological polar surface area (TPSA) is 35.5 Å². The number of carbonyl (C=O) groups is 1. The SMILES string of the molecule is CCCCCCCCCCCCCCCC(O[Si](C)(C)C(C)(C)C)C(=O)OC. The second-order valence-corrected chi connectivity index (χ2v) is 14.7. The van der Waals surface area contributed by atoms with Gasteiger partial charge in [0.15, 0.2) is 8.32 Å². The van der Waals surface area contributed by atoms with Crippen LogP contribution in [0.3, 0.4) is 0 Å². The molecule has 0 aromatic carbocycles. The lowest BCUT2D eigenvalue weighted by Crippen LogP contribution is -2.46. The normalized spacial score (nSPS) is 13.5. The first-order valence-electron chi connectivity index (χ1n) is 11.9. The molecule has 0 spiro atoms. The third-order valence-electron chi connectivity index (χ3n) is 6.28. The lowest BCUT2D eigenvalue weighted by molar-refractivity contribution is -0.149. The molecule has 0 radical (unpaired) electrons. The molecule has 0 aliphatic heterocycles. The molecule has 0 aliphatic carbocycles. The molecule has 0 fully saturated rings. The molecule has 0 heterocycles. The maximum atomic E-state index is 12.1. The van der Waals surface area contributed by atoms with Gasteiger partial charge in [0.2, 0.25) is 0 Å². The molecular weight excluding hydrogens is 364 g/mol. The minimum Gasteiger partial charge on any atom is -0.467 e. The van der Waals surface area contributed by atoms with Crippen molar-refractivity contribution in [2.75, 3.05) is 7.11 Å². The fourth-order valence-corrected chi connectivity index (χ4v) is 4.52. The van der Waals surface area contributed by atoms with Gasteiger partial charge in [0.1, 0.15) is 6.10 Å². The van der Waals surface area contributed by atoms with Crippen LogP contribution < -0.4 is 0 Å². The zero-order chi connectivity index (χ0) is 21.5. The van der Waals surface area contributed by atoms with Gasteiger partial charge in [0.25, 0.3) is 0 Å². The summed E-state index contributed by atoms with van der Waals surface area (Å²) in [6.45, 7) is 13.3. The number of methoxy groups -OCH3 is 1. The van der Waals surface area contributed by atoms with Crippen LogP contribution in [0.25, 0.3) is 0 Å². The van der Waals surface area contributed by atoms with Crippen LogP contribution >= 0.6 is 0 Å². The maximum absolute atomic E-state index is 12.1. The summed E-state index contributed by atoms with van der Waals surface area (Å²) in [5.74, 6) is -0.205. The molecule has 1 unspecified atom stereocenters. The van der Waals surface area contributed by atoms with E-state index < -0.39 is 14.4 Å². The predicted molar refractivity (Wildman–Crippen MR) is 124 cm³/mol. The van der Waals surface area contributed by atoms with E-state index in [1.807, 2.05) is 0 Å². The Bertz CT molecular complexity index is 388. The molecule has 0 saturated carbocycles. The van der Waals surface area contributed by atoms with E-state index in [4.69, 9.17) is 9.16 Å². The molecular formula is C24H50O3Si. The first kappa shape index (κ1) is 27.6. The molecule has 4 heteroatoms. The van der Waals surface area contributed by atoms with Crippen molar-refractivity contribution >= 4 is 14.3 Å². The Balaban J connectivity index is 3.85. The van der Waals surface area contributed by atoms with Gasteiger partial charge in [-0.3, -0.25) is 0 Å². The number of ether oxygens (including phenoxy) is 1. The largest absolute Gasteiger partial charge is 0.467 e. The second-order valence-electron chi connectivity index (χ2n) is 9.92. The molecule has 0 N–H and O–H groups in total. The van der Waals surface area contributed by atoms with E-state index in [0.717, 1.165) is 12.8 Å². The van der Waals surface area contributed by atoms with Gasteiger partial charge in [0, 0.05) is 0 Å². The molecule has 1 atom stereocenters. The smallest absolute Gasteiger partial charge is 0.333 e. The first-order chi connectivity index (χ1) is 13.2. The third kappa shape index (κ3) is 13.0. The van der Waals surface area contributed by atoms with Gasteiger partial charge in [-0.25, -0.2) is 4.79 Å². The lowest BCUT2D eigenvalue weighted by atomic mass is 10.0. The predicted octanol–water partition coefficient (Wildman–Crippen LogP) is 8.03. The summed E-state index contributed by atoms with van der Waals surface area (Å²) in [4.78, 5) is 12.1. The minimum absolute atomic E-state index is 0.106. The van der Waals surface area contributed by atoms with Gasteiger partial charge >= 0.3 is 5.97 Å². The van der Waals surface area contributed by atoms with Gasteiger partial charge in [-0.15, -0.1) is 0 Å². The van der Waals surface area contributed by atoms with E-state index in [-0.39, 0.29) is 11.0 Å². The Hall–Kier alpha value is -0.353. The van der Waals surface area contributed by atoms with Crippen LogP contribution in [0.4, 0.5) is 0 Å². The molecule has 0 bridgehead atoms. The van der Waals surface area contributed by atoms with E-state index in [2.05, 4.69) is 40.8 Å². The van der Waals surface area contributed by atoms with Gasteiger partial charge < -0.3 is 9.16 Å². The van der Waals surface area contributed by atoms with Gasteiger partial charge in [-0.2, -0.15) is 0 Å². The molecule has 0 aromatic rings. The van der Waals surface area contributed by atoms with Crippen LogP contribution in [-0.2, 0) is 14.0 Å². The number of hydrogen-bond donors (Lipinski definition) is 0. The molecule has 0 rings (SSSR count). The van der Waals surface area contributed by atoms with Crippen LogP contribution in [0, 0.1) is 0 Å². The Kier molecular flexibility index (Phi) is 15.3. The second kappa shape index (κ2) is 15.5. The van der Waals surface area contributed by atoms with Gasteiger partial charge in [-0.05, 0) is 24.6 Å². The quantitative estimate of drug-likeness (QED) is 0.137. The van der Waals surface area contributed by atoms with Crippen molar-refractivity contribution < 1.29 is 14.0 Å². The Morgan fingerprint density at radius 3 is 1.54 bits per heavy atom. The van der Waals surface area contributed by atoms with Crippen molar-refractivity contribution in [3.63, 3.8) is 0 Å². The van der Waals surface area contributed by atoms with Crippen molar-refractivity contribution in [3.05, 3.63) is 0 Å². The summed E-state index contributed by atoms with van der Waals surface area (Å²) < 4.78 is 11.3. The average molecular weight is 415 g/mol. The molecule has 0 amide bonds. The van der Waals surface area contributed by atoms with Crippen LogP contribution in [0.2, 0.25) is 18.1 Å². The molecule has 0 aromatic heterocycles. The van der Waals surface area contributed by atoms with Crippen LogP contribution in [0.5, 0.6) is 0 Å². The highest BCUT2D eigenvalue weighted by atomic mass is 28.4. The molecule has 0 saturated heterocycles. The number of unbranched alkanes of at least 4 members (excludes halogenated alkanes) is 12. The highest BCUT2D eigenvalue weighted by molar-refractivity contribution is 6.74. The van der Waals surface area contributed by atoms with Crippen LogP contribution in [0.1, 0.15) is 118 Å². The summed E-state index contributed by atoms with van der Waals surface area (Å²) >= 11 is 0. The first-order valence-corrected chi connectivity index (χ1v) is 14.8. The average Bonchev–Trinajstić information content (AvgIpc) is 2.62. The summed E-state index contributed by atoms with van der Waals surface area (Å²) in [7, 11) is -0.486. The van der Waals surface area contributed by atoms with E-state index >= 15 is 0 Å². The van der Waals surface area contributed by atoms with Crippen molar-refractivity contribution in [2.24, 2.45) is 0 Å². The van der Waals surface area contributed by atoms with Crippen molar-refractivity contribution in [1.29, 1.82) is 0 Å². The van der Waals surface area contributed by atoms with Crippen LogP contribution in [0.15, 0.2) is 0 Å². The standard InChI is InChI=1S/C24H50O3Si/c1-8-9-10-11-12-13-14-15-16-17-18-19-20-21-22(23(25)26-5)27-28(6,7)24(2,3)4/h22H,8-21H2,1-7H3. The highest BCUT2D eigenvalue weighted by Gasteiger charge is 2.40. The van der Waals surface area contributed by atoms with Crippen molar-refractivity contribution in [2.45, 2.75) is 142 Å². The molecule has 28 heavy (non-hydrogen) atoms. The van der Waals surface area contributed by atoms with Gasteiger partial charge in [0.05, 0.1) is 7.11 Å². The monoisotopic (exact) mass is 414 g/mol. The van der Waals surface area contributed by atoms with Crippen molar-refractivity contribution in [3.8, 4) is 0 Å². The van der Waals surface area contributed by atoms with E-state index in [1.165, 1.54) is 84.2 Å². The van der Waals surface area contributed by atoms with E-state index in [0.29, 0.717) is 0 Å². The summed E-state index contributed by atoms with van der Waals surface area (Å²) in [6.07, 6.45) is 17.8. The van der Waals surface area contributed by atoms with E-state index in [9.17, 15) is 4.79 Å². The number of esters is 1. The lowest BCUT2D eigenvalue weighted by Gasteiger charge is -2.38. The van der Waals surface area contributed by atoms with Gasteiger partial charge in [-0.1, -0.05) is 111 Å². The summed E-state index contributed by atoms with van der Waals surface area (Å²) in [5, 5.41) is 0.106. The number of hydrogen-bond acceptors (Lipinski definition) is 3. The van der Waals surface area contributed by atoms with Crippen LogP contribution in [-0.4, -0.2) is 27.5 Å². The van der Waals surface area contributed by atoms with Crippen molar-refractivity contribution in [1.82, 2.24) is 0 Å². The Morgan fingerprint density at radius 1 is 0.786 bits per heavy atom. The maximum Gasteiger partial charge on any atom is 0.333 e. The fourth-order valence-electron chi connectivity index (χ4n) is 3.24. The number of carbonyl (C=O) groups excluding carboxylic acids is 1. The zero-order valence-electron chi connectivity index (χ0n) is 20.2. The fraction of sp³-hybridized carbons (Fsp3) is 0.958. The summed E-state index contributed by atoms with van der Waals surface area (Å²) in [5.41, 5.74) is 0. The third-order valence-corrected chi connectivity index (χ3v) is 10.8. The highest BCUT2D eigenvalue weighted by Crippen LogP contribution is 2.38. The molecule has 168 valence electrons. The Morgan fingerprint density at radius 2 is 1.18 bits per heavy atom. The zero-order valence-corrected chi connectivity index (χ0v) is 21.2.